The van der Waals surface area contributed by atoms with E-state index in [4.69, 9.17) is 0 Å². The van der Waals surface area contributed by atoms with Gasteiger partial charge in [-0.25, -0.2) is 17.6 Å². The molecule has 174 valence electrons. The molecule has 0 fully saturated rings. The number of carbonyl (C=O) groups excluding carboxylic acids is 1. The number of halogens is 1. The largest absolute Gasteiger partial charge is 0.328 e. The van der Waals surface area contributed by atoms with E-state index in [2.05, 4.69) is 15.0 Å². The maximum atomic E-state index is 13.0. The highest BCUT2D eigenvalue weighted by Crippen LogP contribution is 2.19. The first-order valence-corrected chi connectivity index (χ1v) is 11.6. The van der Waals surface area contributed by atoms with E-state index < -0.39 is 27.1 Å². The van der Waals surface area contributed by atoms with Crippen LogP contribution in [0.25, 0.3) is 10.9 Å². The Kier molecular flexibility index (Phi) is 6.28. The Morgan fingerprint density at radius 2 is 1.56 bits per heavy atom. The minimum Gasteiger partial charge on any atom is -0.326 e. The fourth-order valence-corrected chi connectivity index (χ4v) is 4.41. The number of para-hydroxylation sites is 1. The maximum absolute atomic E-state index is 13.0. The molecule has 3 N–H and O–H groups in total. The van der Waals surface area contributed by atoms with Gasteiger partial charge < -0.3 is 5.32 Å². The Balaban J connectivity index is 1.40. The molecule has 1 heterocycles. The molecule has 0 atom stereocenters. The van der Waals surface area contributed by atoms with Crippen molar-refractivity contribution in [3.05, 3.63) is 99.5 Å². The van der Waals surface area contributed by atoms with Crippen LogP contribution < -0.4 is 21.3 Å². The molecule has 1 aromatic heterocycles. The summed E-state index contributed by atoms with van der Waals surface area (Å²) in [4.78, 5) is 38.7. The molecular weight excluding hydrogens is 463 g/mol. The molecular formula is C23H19FN4O5S. The lowest BCUT2D eigenvalue weighted by molar-refractivity contribution is -0.116. The summed E-state index contributed by atoms with van der Waals surface area (Å²) in [5.74, 6) is -0.917. The smallest absolute Gasteiger partial charge is 0.326 e. The number of sulfonamides is 1. The third kappa shape index (κ3) is 5.04. The highest BCUT2D eigenvalue weighted by molar-refractivity contribution is 7.92. The lowest BCUT2D eigenvalue weighted by Gasteiger charge is -2.11. The Hall–Kier alpha value is -4.25. The van der Waals surface area contributed by atoms with E-state index in [9.17, 15) is 27.2 Å². The van der Waals surface area contributed by atoms with Crippen LogP contribution in [0.15, 0.2) is 87.3 Å². The molecule has 4 aromatic rings. The molecule has 0 saturated carbocycles. The van der Waals surface area contributed by atoms with Gasteiger partial charge in [0.25, 0.3) is 15.6 Å². The number of amides is 1. The number of nitrogens with one attached hydrogen (secondary N) is 3. The van der Waals surface area contributed by atoms with Crippen LogP contribution in [0, 0.1) is 5.82 Å². The van der Waals surface area contributed by atoms with Crippen molar-refractivity contribution >= 4 is 38.2 Å². The summed E-state index contributed by atoms with van der Waals surface area (Å²) in [5, 5.41) is 3.02. The molecule has 0 radical (unpaired) electrons. The van der Waals surface area contributed by atoms with E-state index in [0.29, 0.717) is 16.6 Å². The fourth-order valence-electron chi connectivity index (χ4n) is 3.35. The van der Waals surface area contributed by atoms with Gasteiger partial charge in [-0.05, 0) is 60.7 Å². The molecule has 0 aliphatic carbocycles. The standard InChI is InChI=1S/C23H19FN4O5S/c24-15-5-11-18(12-6-15)34(32,33)27-17-9-7-16(8-10-17)25-21(29)13-14-28-20-4-2-1-3-19(20)22(30)26-23(28)31/h1-12,27H,13-14H2,(H,25,29)(H,26,30,31). The van der Waals surface area contributed by atoms with Crippen molar-refractivity contribution in [1.82, 2.24) is 9.55 Å². The highest BCUT2D eigenvalue weighted by Gasteiger charge is 2.14. The first kappa shape index (κ1) is 22.9. The summed E-state index contributed by atoms with van der Waals surface area (Å²) in [7, 11) is -3.89. The van der Waals surface area contributed by atoms with Gasteiger partial charge in [-0.3, -0.25) is 23.9 Å². The van der Waals surface area contributed by atoms with E-state index >= 15 is 0 Å². The second-order valence-electron chi connectivity index (χ2n) is 7.36. The summed E-state index contributed by atoms with van der Waals surface area (Å²) in [6.45, 7) is 0.0531. The van der Waals surface area contributed by atoms with Crippen LogP contribution >= 0.6 is 0 Å². The number of hydrogen-bond acceptors (Lipinski definition) is 5. The van der Waals surface area contributed by atoms with Crippen LogP contribution in [0.3, 0.4) is 0 Å². The van der Waals surface area contributed by atoms with Gasteiger partial charge in [-0.15, -0.1) is 0 Å². The first-order valence-electron chi connectivity index (χ1n) is 10.1. The number of aryl methyl sites for hydroxylation is 1. The van der Waals surface area contributed by atoms with E-state index in [1.165, 1.54) is 28.8 Å². The van der Waals surface area contributed by atoms with Gasteiger partial charge in [-0.1, -0.05) is 12.1 Å². The summed E-state index contributed by atoms with van der Waals surface area (Å²) in [6.07, 6.45) is -0.0328. The Morgan fingerprint density at radius 3 is 2.26 bits per heavy atom. The van der Waals surface area contributed by atoms with Gasteiger partial charge >= 0.3 is 5.69 Å². The molecule has 0 unspecified atom stereocenters. The second-order valence-corrected chi connectivity index (χ2v) is 9.05. The van der Waals surface area contributed by atoms with Gasteiger partial charge in [-0.2, -0.15) is 0 Å². The minimum absolute atomic E-state index is 0.0328. The van der Waals surface area contributed by atoms with E-state index in [-0.39, 0.29) is 29.5 Å². The lowest BCUT2D eigenvalue weighted by atomic mass is 10.2. The van der Waals surface area contributed by atoms with E-state index in [0.717, 1.165) is 24.3 Å². The average molecular weight is 482 g/mol. The van der Waals surface area contributed by atoms with Gasteiger partial charge in [0.1, 0.15) is 5.82 Å². The zero-order chi connectivity index (χ0) is 24.3. The van der Waals surface area contributed by atoms with Crippen LogP contribution in [-0.4, -0.2) is 23.9 Å². The van der Waals surface area contributed by atoms with Crippen molar-refractivity contribution in [2.45, 2.75) is 17.9 Å². The predicted molar refractivity (Wildman–Crippen MR) is 126 cm³/mol. The number of H-pyrrole nitrogens is 1. The summed E-state index contributed by atoms with van der Waals surface area (Å²) >= 11 is 0. The number of carbonyl (C=O) groups is 1. The summed E-state index contributed by atoms with van der Waals surface area (Å²) in [6, 6.07) is 17.0. The fraction of sp³-hybridized carbons (Fsp3) is 0.0870. The van der Waals surface area contributed by atoms with Gasteiger partial charge in [0.2, 0.25) is 5.91 Å². The molecule has 0 bridgehead atoms. The number of fused-ring (bicyclic) bond motifs is 1. The summed E-state index contributed by atoms with van der Waals surface area (Å²) in [5.41, 5.74) is 0.0227. The van der Waals surface area contributed by atoms with Crippen LogP contribution in [0.5, 0.6) is 0 Å². The molecule has 9 nitrogen and oxygen atoms in total. The molecule has 4 rings (SSSR count). The SMILES string of the molecule is O=C(CCn1c(=O)[nH]c(=O)c2ccccc21)Nc1ccc(NS(=O)(=O)c2ccc(F)cc2)cc1. The third-order valence-corrected chi connectivity index (χ3v) is 6.41. The van der Waals surface area contributed by atoms with E-state index in [1.807, 2.05) is 0 Å². The number of benzene rings is 3. The van der Waals surface area contributed by atoms with Crippen LogP contribution in [0.1, 0.15) is 6.42 Å². The van der Waals surface area contributed by atoms with Crippen molar-refractivity contribution in [1.29, 1.82) is 0 Å². The Morgan fingerprint density at radius 1 is 0.912 bits per heavy atom. The van der Waals surface area contributed by atoms with Crippen molar-refractivity contribution < 1.29 is 17.6 Å². The molecule has 0 saturated heterocycles. The van der Waals surface area contributed by atoms with E-state index in [1.54, 1.807) is 24.3 Å². The molecule has 0 aliphatic heterocycles. The number of aromatic nitrogens is 2. The molecule has 0 spiro atoms. The lowest BCUT2D eigenvalue weighted by Crippen LogP contribution is -2.31. The minimum atomic E-state index is -3.89. The number of hydrogen-bond donors (Lipinski definition) is 3. The normalized spacial score (nSPS) is 11.3. The number of anilines is 2. The van der Waals surface area contributed by atoms with Crippen molar-refractivity contribution in [3.63, 3.8) is 0 Å². The number of rotatable bonds is 7. The molecule has 34 heavy (non-hydrogen) atoms. The zero-order valence-corrected chi connectivity index (χ0v) is 18.4. The Labute approximate surface area is 192 Å². The maximum Gasteiger partial charge on any atom is 0.328 e. The van der Waals surface area contributed by atoms with Crippen LogP contribution in [0.4, 0.5) is 15.8 Å². The summed E-state index contributed by atoms with van der Waals surface area (Å²) < 4.78 is 41.5. The number of nitrogens with zero attached hydrogens (tertiary/aromatic N) is 1. The molecule has 3 aromatic carbocycles. The second kappa shape index (κ2) is 9.32. The van der Waals surface area contributed by atoms with Gasteiger partial charge in [0.05, 0.1) is 15.8 Å². The third-order valence-electron chi connectivity index (χ3n) is 5.01. The monoisotopic (exact) mass is 482 g/mol. The van der Waals surface area contributed by atoms with Crippen LogP contribution in [-0.2, 0) is 21.4 Å². The van der Waals surface area contributed by atoms with Gasteiger partial charge in [0, 0.05) is 24.3 Å². The van der Waals surface area contributed by atoms with Crippen molar-refractivity contribution in [3.8, 4) is 0 Å². The quantitative estimate of drug-likeness (QED) is 0.373. The average Bonchev–Trinajstić information content (AvgIpc) is 2.80. The number of aromatic amines is 1. The van der Waals surface area contributed by atoms with Crippen LogP contribution in [0.2, 0.25) is 0 Å². The van der Waals surface area contributed by atoms with Gasteiger partial charge in [0.15, 0.2) is 0 Å². The highest BCUT2D eigenvalue weighted by atomic mass is 32.2. The Bertz CT molecular complexity index is 1580. The predicted octanol–water partition coefficient (Wildman–Crippen LogP) is 2.66. The van der Waals surface area contributed by atoms with Crippen molar-refractivity contribution in [2.75, 3.05) is 10.0 Å². The molecule has 1 amide bonds. The zero-order valence-electron chi connectivity index (χ0n) is 17.6. The molecule has 0 aliphatic rings. The van der Waals surface area contributed by atoms with Crippen molar-refractivity contribution in [2.24, 2.45) is 0 Å². The first-order chi connectivity index (χ1) is 16.2. The molecule has 11 heteroatoms. The topological polar surface area (TPSA) is 130 Å².